The van der Waals surface area contributed by atoms with Crippen LogP contribution < -0.4 is 0 Å². The first-order chi connectivity index (χ1) is 7.68. The molecule has 0 aliphatic rings. The highest BCUT2D eigenvalue weighted by molar-refractivity contribution is 5.24. The number of pyridine rings is 2. The van der Waals surface area contributed by atoms with Crippen LogP contribution in [-0.2, 0) is 0 Å². The summed E-state index contributed by atoms with van der Waals surface area (Å²) in [6, 6.07) is 3.68. The molecule has 1 N–H and O–H groups in total. The lowest BCUT2D eigenvalue weighted by Crippen LogP contribution is -2.05. The normalized spacial score (nSPS) is 12.4. The maximum absolute atomic E-state index is 13.3. The van der Waals surface area contributed by atoms with Crippen LogP contribution in [0.5, 0.6) is 0 Å². The van der Waals surface area contributed by atoms with Crippen LogP contribution in [0.3, 0.4) is 0 Å². The van der Waals surface area contributed by atoms with E-state index in [4.69, 9.17) is 0 Å². The molecule has 0 amide bonds. The Labute approximate surface area is 90.4 Å². The Balaban J connectivity index is 2.39. The van der Waals surface area contributed by atoms with Crippen LogP contribution in [0.1, 0.15) is 17.4 Å². The van der Waals surface area contributed by atoms with E-state index >= 15 is 0 Å². The molecule has 0 bridgehead atoms. The van der Waals surface area contributed by atoms with Crippen molar-refractivity contribution in [2.75, 3.05) is 0 Å². The number of nitrogens with zero attached hydrogens (tertiary/aromatic N) is 2. The van der Waals surface area contributed by atoms with Gasteiger partial charge in [-0.2, -0.15) is 0 Å². The third kappa shape index (κ3) is 2.04. The van der Waals surface area contributed by atoms with E-state index in [1.807, 2.05) is 0 Å². The van der Waals surface area contributed by atoms with E-state index in [0.29, 0.717) is 0 Å². The predicted molar refractivity (Wildman–Crippen MR) is 52.5 cm³/mol. The van der Waals surface area contributed by atoms with Crippen molar-refractivity contribution in [1.29, 1.82) is 0 Å². The number of aliphatic hydroxyl groups is 1. The highest BCUT2D eigenvalue weighted by Crippen LogP contribution is 2.21. The fourth-order valence-electron chi connectivity index (χ4n) is 1.33. The molecule has 2 rings (SSSR count). The Morgan fingerprint density at radius 1 is 1.25 bits per heavy atom. The lowest BCUT2D eigenvalue weighted by atomic mass is 10.1. The quantitative estimate of drug-likeness (QED) is 0.843. The molecule has 3 nitrogen and oxygen atoms in total. The van der Waals surface area contributed by atoms with Gasteiger partial charge in [-0.15, -0.1) is 0 Å². The average Bonchev–Trinajstić information content (AvgIpc) is 2.29. The van der Waals surface area contributed by atoms with Gasteiger partial charge in [-0.1, -0.05) is 0 Å². The van der Waals surface area contributed by atoms with Crippen molar-refractivity contribution in [1.82, 2.24) is 9.97 Å². The second-order valence-electron chi connectivity index (χ2n) is 3.21. The zero-order chi connectivity index (χ0) is 11.5. The Morgan fingerprint density at radius 3 is 2.75 bits per heavy atom. The molecule has 0 aliphatic carbocycles. The van der Waals surface area contributed by atoms with Crippen LogP contribution in [-0.4, -0.2) is 15.1 Å². The van der Waals surface area contributed by atoms with Gasteiger partial charge in [0.15, 0.2) is 0 Å². The van der Waals surface area contributed by atoms with Crippen molar-refractivity contribution < 1.29 is 13.9 Å². The zero-order valence-corrected chi connectivity index (χ0v) is 8.14. The van der Waals surface area contributed by atoms with Gasteiger partial charge >= 0.3 is 0 Å². The van der Waals surface area contributed by atoms with Crippen LogP contribution in [0, 0.1) is 11.6 Å². The van der Waals surface area contributed by atoms with E-state index in [-0.39, 0.29) is 11.3 Å². The lowest BCUT2D eigenvalue weighted by Gasteiger charge is -2.10. The van der Waals surface area contributed by atoms with Gasteiger partial charge in [0, 0.05) is 18.0 Å². The van der Waals surface area contributed by atoms with E-state index < -0.39 is 17.7 Å². The summed E-state index contributed by atoms with van der Waals surface area (Å²) in [7, 11) is 0. The molecule has 5 heteroatoms. The smallest absolute Gasteiger partial charge is 0.147 e. The summed E-state index contributed by atoms with van der Waals surface area (Å²) >= 11 is 0. The SMILES string of the molecule is OC(c1cncc(F)c1)c1ncccc1F. The van der Waals surface area contributed by atoms with Gasteiger partial charge in [-0.05, 0) is 18.2 Å². The summed E-state index contributed by atoms with van der Waals surface area (Å²) in [6.45, 7) is 0. The van der Waals surface area contributed by atoms with Gasteiger partial charge < -0.3 is 5.11 Å². The van der Waals surface area contributed by atoms with Crippen LogP contribution in [0.4, 0.5) is 8.78 Å². The molecule has 2 aromatic heterocycles. The molecule has 82 valence electrons. The van der Waals surface area contributed by atoms with E-state index in [9.17, 15) is 13.9 Å². The third-order valence-electron chi connectivity index (χ3n) is 2.09. The molecule has 1 unspecified atom stereocenters. The molecule has 0 aliphatic heterocycles. The average molecular weight is 222 g/mol. The van der Waals surface area contributed by atoms with Crippen molar-refractivity contribution >= 4 is 0 Å². The second kappa shape index (κ2) is 4.32. The number of halogens is 2. The Kier molecular flexibility index (Phi) is 2.87. The maximum atomic E-state index is 13.3. The molecule has 16 heavy (non-hydrogen) atoms. The minimum absolute atomic E-state index is 0.144. The standard InChI is InChI=1S/C11H8F2N2O/c12-8-4-7(5-14-6-8)11(16)10-9(13)2-1-3-15-10/h1-6,11,16H. The minimum atomic E-state index is -1.32. The predicted octanol–water partition coefficient (Wildman–Crippen LogP) is 1.84. The summed E-state index contributed by atoms with van der Waals surface area (Å²) < 4.78 is 26.1. The third-order valence-corrected chi connectivity index (χ3v) is 2.09. The molecule has 0 spiro atoms. The monoisotopic (exact) mass is 222 g/mol. The van der Waals surface area contributed by atoms with Crippen LogP contribution in [0.15, 0.2) is 36.8 Å². The summed E-state index contributed by atoms with van der Waals surface area (Å²) in [6.07, 6.45) is 2.31. The molecule has 0 radical (unpaired) electrons. The number of hydrogen-bond donors (Lipinski definition) is 1. The molecule has 0 fully saturated rings. The Morgan fingerprint density at radius 2 is 2.06 bits per heavy atom. The molecular weight excluding hydrogens is 214 g/mol. The van der Waals surface area contributed by atoms with Crippen LogP contribution >= 0.6 is 0 Å². The largest absolute Gasteiger partial charge is 0.382 e. The minimum Gasteiger partial charge on any atom is -0.382 e. The topological polar surface area (TPSA) is 46.0 Å². The van der Waals surface area contributed by atoms with E-state index in [1.54, 1.807) is 0 Å². The molecule has 1 atom stereocenters. The maximum Gasteiger partial charge on any atom is 0.147 e. The van der Waals surface area contributed by atoms with Gasteiger partial charge in [0.1, 0.15) is 23.4 Å². The number of aromatic nitrogens is 2. The first-order valence-corrected chi connectivity index (χ1v) is 4.57. The van der Waals surface area contributed by atoms with Crippen molar-refractivity contribution in [3.05, 3.63) is 59.7 Å². The first-order valence-electron chi connectivity index (χ1n) is 4.57. The fourth-order valence-corrected chi connectivity index (χ4v) is 1.33. The number of rotatable bonds is 2. The number of aliphatic hydroxyl groups excluding tert-OH is 1. The van der Waals surface area contributed by atoms with Gasteiger partial charge in [0.25, 0.3) is 0 Å². The summed E-state index contributed by atoms with van der Waals surface area (Å²) in [5.74, 6) is -1.23. The summed E-state index contributed by atoms with van der Waals surface area (Å²) in [5.41, 5.74) is 0.0208. The Hall–Kier alpha value is -1.88. The summed E-state index contributed by atoms with van der Waals surface area (Å²) in [5, 5.41) is 9.79. The highest BCUT2D eigenvalue weighted by atomic mass is 19.1. The Bertz CT molecular complexity index is 505. The molecule has 0 saturated heterocycles. The van der Waals surface area contributed by atoms with Crippen LogP contribution in [0.25, 0.3) is 0 Å². The zero-order valence-electron chi connectivity index (χ0n) is 8.14. The fraction of sp³-hybridized carbons (Fsp3) is 0.0909. The molecule has 0 aromatic carbocycles. The van der Waals surface area contributed by atoms with Gasteiger partial charge in [-0.3, -0.25) is 9.97 Å². The molecule has 0 saturated carbocycles. The first kappa shape index (κ1) is 10.6. The molecular formula is C11H8F2N2O. The number of hydrogen-bond acceptors (Lipinski definition) is 3. The van der Waals surface area contributed by atoms with E-state index in [0.717, 1.165) is 12.3 Å². The molecule has 2 aromatic rings. The van der Waals surface area contributed by atoms with E-state index in [1.165, 1.54) is 24.5 Å². The second-order valence-corrected chi connectivity index (χ2v) is 3.21. The van der Waals surface area contributed by atoms with Crippen LogP contribution in [0.2, 0.25) is 0 Å². The highest BCUT2D eigenvalue weighted by Gasteiger charge is 2.16. The van der Waals surface area contributed by atoms with Gasteiger partial charge in [-0.25, -0.2) is 8.78 Å². The van der Waals surface area contributed by atoms with Gasteiger partial charge in [0.05, 0.1) is 6.20 Å². The van der Waals surface area contributed by atoms with Crippen molar-refractivity contribution in [2.45, 2.75) is 6.10 Å². The van der Waals surface area contributed by atoms with Crippen molar-refractivity contribution in [3.63, 3.8) is 0 Å². The molecule has 2 heterocycles. The van der Waals surface area contributed by atoms with Crippen molar-refractivity contribution in [3.8, 4) is 0 Å². The lowest BCUT2D eigenvalue weighted by molar-refractivity contribution is 0.208. The van der Waals surface area contributed by atoms with Gasteiger partial charge in [0.2, 0.25) is 0 Å². The van der Waals surface area contributed by atoms with Crippen molar-refractivity contribution in [2.24, 2.45) is 0 Å². The summed E-state index contributed by atoms with van der Waals surface area (Å²) in [4.78, 5) is 7.28. The van der Waals surface area contributed by atoms with E-state index in [2.05, 4.69) is 9.97 Å².